The van der Waals surface area contributed by atoms with Crippen LogP contribution < -0.4 is 34.5 Å². The first-order chi connectivity index (χ1) is 19.5. The fraction of sp³-hybridized carbons (Fsp3) is 0.286. The van der Waals surface area contributed by atoms with Gasteiger partial charge in [0.25, 0.3) is 11.8 Å². The van der Waals surface area contributed by atoms with Crippen molar-refractivity contribution in [2.24, 2.45) is 0 Å². The molecular formula is C28H27N5O6S. The third kappa shape index (κ3) is 5.05. The fourth-order valence-electron chi connectivity index (χ4n) is 4.89. The summed E-state index contributed by atoms with van der Waals surface area (Å²) in [5, 5.41) is 8.91. The standard InChI is InChI=1S/C28H27N5O6S/c1-36-20-6-4-17-10-23(20)38-14-25(34)29-11-16-3-5-21(22(9-16)37-2)39-24-13-33(12-19(24)32-27(17)35)26-18-7-8-40-28(18)31-15-30-26/h3-10,15,19,24H,11-14H2,1-2H3,(H,29,34)(H,32,35)/t19-,24-/m0/s1. The Morgan fingerprint density at radius 2 is 1.88 bits per heavy atom. The van der Waals surface area contributed by atoms with Crippen LogP contribution in [0.1, 0.15) is 15.9 Å². The van der Waals surface area contributed by atoms with Gasteiger partial charge >= 0.3 is 0 Å². The molecule has 1 fully saturated rings. The maximum Gasteiger partial charge on any atom is 0.258 e. The predicted molar refractivity (Wildman–Crippen MR) is 149 cm³/mol. The summed E-state index contributed by atoms with van der Waals surface area (Å²) >= 11 is 1.55. The molecule has 0 aliphatic carbocycles. The molecule has 0 saturated carbocycles. The summed E-state index contributed by atoms with van der Waals surface area (Å²) in [7, 11) is 3.07. The van der Waals surface area contributed by atoms with Crippen LogP contribution in [0.2, 0.25) is 0 Å². The van der Waals surface area contributed by atoms with Gasteiger partial charge in [0.1, 0.15) is 23.1 Å². The minimum Gasteiger partial charge on any atom is -0.493 e. The van der Waals surface area contributed by atoms with E-state index in [0.717, 1.165) is 21.6 Å². The smallest absolute Gasteiger partial charge is 0.258 e. The van der Waals surface area contributed by atoms with Gasteiger partial charge in [0, 0.05) is 18.7 Å². The van der Waals surface area contributed by atoms with Crippen molar-refractivity contribution in [2.75, 3.05) is 38.8 Å². The Balaban J connectivity index is 1.37. The second kappa shape index (κ2) is 10.9. The quantitative estimate of drug-likeness (QED) is 0.389. The lowest BCUT2D eigenvalue weighted by atomic mass is 10.1. The first kappa shape index (κ1) is 25.7. The molecule has 0 unspecified atom stereocenters. The first-order valence-corrected chi connectivity index (χ1v) is 13.6. The highest BCUT2D eigenvalue weighted by Gasteiger charge is 2.38. The zero-order chi connectivity index (χ0) is 27.6. The minimum absolute atomic E-state index is 0.241. The van der Waals surface area contributed by atoms with Crippen molar-refractivity contribution in [3.63, 3.8) is 0 Å². The lowest BCUT2D eigenvalue weighted by molar-refractivity contribution is -0.123. The third-order valence-electron chi connectivity index (χ3n) is 6.90. The largest absolute Gasteiger partial charge is 0.493 e. The van der Waals surface area contributed by atoms with Crippen molar-refractivity contribution in [1.29, 1.82) is 0 Å². The van der Waals surface area contributed by atoms with Gasteiger partial charge in [0.05, 0.1) is 32.2 Å². The van der Waals surface area contributed by atoms with Gasteiger partial charge in [0.15, 0.2) is 29.6 Å². The maximum atomic E-state index is 13.5. The number of aromatic nitrogens is 2. The van der Waals surface area contributed by atoms with Gasteiger partial charge in [-0.3, -0.25) is 9.59 Å². The second-order valence-electron chi connectivity index (χ2n) is 9.39. The zero-order valence-electron chi connectivity index (χ0n) is 21.9. The van der Waals surface area contributed by atoms with Crippen LogP contribution in [0.25, 0.3) is 10.2 Å². The van der Waals surface area contributed by atoms with Crippen LogP contribution in [0.15, 0.2) is 54.2 Å². The lowest BCUT2D eigenvalue weighted by Gasteiger charge is -2.22. The number of rotatable bonds is 3. The van der Waals surface area contributed by atoms with Crippen LogP contribution in [0.3, 0.4) is 0 Å². The van der Waals surface area contributed by atoms with Crippen LogP contribution in [0.4, 0.5) is 5.82 Å². The number of anilines is 1. The molecule has 7 rings (SSSR count). The number of hydrogen-bond acceptors (Lipinski definition) is 10. The number of fused-ring (bicyclic) bond motifs is 8. The van der Waals surface area contributed by atoms with Crippen LogP contribution in [0, 0.1) is 0 Å². The molecule has 4 aromatic rings. The SMILES string of the molecule is COc1ccc2cc1OCC(=O)NCc1ccc(c(OC)c1)O[C@H]1CN(c3ncnc4sccc34)C[C@@H]1NC2=O. The van der Waals surface area contributed by atoms with E-state index in [1.165, 1.54) is 7.11 Å². The predicted octanol–water partition coefficient (Wildman–Crippen LogP) is 2.78. The average Bonchev–Trinajstić information content (AvgIpc) is 3.62. The van der Waals surface area contributed by atoms with Gasteiger partial charge in [-0.1, -0.05) is 6.07 Å². The Hall–Kier alpha value is -4.58. The summed E-state index contributed by atoms with van der Waals surface area (Å²) in [6.45, 7) is 0.983. The molecule has 0 radical (unpaired) electrons. The number of ether oxygens (including phenoxy) is 4. The van der Waals surface area contributed by atoms with E-state index in [-0.39, 0.29) is 31.0 Å². The van der Waals surface area contributed by atoms with E-state index >= 15 is 0 Å². The molecule has 2 aromatic carbocycles. The highest BCUT2D eigenvalue weighted by molar-refractivity contribution is 7.16. The number of nitrogens with zero attached hydrogens (tertiary/aromatic N) is 3. The maximum absolute atomic E-state index is 13.5. The highest BCUT2D eigenvalue weighted by Crippen LogP contribution is 2.34. The lowest BCUT2D eigenvalue weighted by Crippen LogP contribution is -2.45. The van der Waals surface area contributed by atoms with Gasteiger partial charge in [-0.2, -0.15) is 0 Å². The van der Waals surface area contributed by atoms with Crippen molar-refractivity contribution in [2.45, 2.75) is 18.7 Å². The topological polar surface area (TPSA) is 124 Å². The summed E-state index contributed by atoms with van der Waals surface area (Å²) in [5.41, 5.74) is 1.20. The van der Waals surface area contributed by atoms with E-state index < -0.39 is 6.10 Å². The molecule has 2 N–H and O–H groups in total. The van der Waals surface area contributed by atoms with Crippen molar-refractivity contribution in [1.82, 2.24) is 20.6 Å². The van der Waals surface area contributed by atoms with Gasteiger partial charge in [-0.15, -0.1) is 11.3 Å². The molecule has 40 heavy (non-hydrogen) atoms. The fourth-order valence-corrected chi connectivity index (χ4v) is 5.62. The van der Waals surface area contributed by atoms with Crippen LogP contribution in [0.5, 0.6) is 23.0 Å². The Bertz CT molecular complexity index is 1580. The molecule has 2 atom stereocenters. The molecule has 0 spiro atoms. The molecular weight excluding hydrogens is 534 g/mol. The van der Waals surface area contributed by atoms with Crippen molar-refractivity contribution in [3.05, 3.63) is 65.3 Å². The minimum atomic E-state index is -0.420. The monoisotopic (exact) mass is 561 g/mol. The number of amides is 2. The average molecular weight is 562 g/mol. The van der Waals surface area contributed by atoms with Crippen molar-refractivity contribution >= 4 is 39.2 Å². The number of nitrogens with one attached hydrogen (secondary N) is 2. The number of carbonyl (C=O) groups excluding carboxylic acids is 2. The van der Waals surface area contributed by atoms with Crippen LogP contribution in [-0.4, -0.2) is 67.8 Å². The normalized spacial score (nSPS) is 19.2. The summed E-state index contributed by atoms with van der Waals surface area (Å²) in [5.74, 6) is 1.92. The zero-order valence-corrected chi connectivity index (χ0v) is 22.7. The molecule has 2 aromatic heterocycles. The van der Waals surface area contributed by atoms with Crippen LogP contribution >= 0.6 is 11.3 Å². The van der Waals surface area contributed by atoms with E-state index in [4.69, 9.17) is 18.9 Å². The summed E-state index contributed by atoms with van der Waals surface area (Å²) < 4.78 is 23.2. The van der Waals surface area contributed by atoms with Crippen LogP contribution in [-0.2, 0) is 11.3 Å². The number of methoxy groups -OCH3 is 2. The number of hydrogen-bond donors (Lipinski definition) is 2. The van der Waals surface area contributed by atoms with Gasteiger partial charge in [0.2, 0.25) is 0 Å². The summed E-state index contributed by atoms with van der Waals surface area (Å²) in [6.07, 6.45) is 1.14. The number of carbonyl (C=O) groups is 2. The molecule has 3 aliphatic rings. The molecule has 1 saturated heterocycles. The van der Waals surface area contributed by atoms with E-state index in [2.05, 4.69) is 25.5 Å². The Labute approximate surface area is 234 Å². The molecule has 5 heterocycles. The summed E-state index contributed by atoms with van der Waals surface area (Å²) in [6, 6.07) is 12.0. The Morgan fingerprint density at radius 1 is 1.00 bits per heavy atom. The van der Waals surface area contributed by atoms with E-state index in [1.54, 1.807) is 43.0 Å². The van der Waals surface area contributed by atoms with Crippen molar-refractivity contribution in [3.8, 4) is 23.0 Å². The van der Waals surface area contributed by atoms with E-state index in [1.807, 2.05) is 29.6 Å². The molecule has 3 aliphatic heterocycles. The Morgan fingerprint density at radius 3 is 2.73 bits per heavy atom. The van der Waals surface area contributed by atoms with Gasteiger partial charge in [-0.25, -0.2) is 9.97 Å². The number of thiophene rings is 1. The number of benzene rings is 2. The third-order valence-corrected chi connectivity index (χ3v) is 7.72. The first-order valence-electron chi connectivity index (χ1n) is 12.7. The molecule has 206 valence electrons. The Kier molecular flexibility index (Phi) is 6.99. The second-order valence-corrected chi connectivity index (χ2v) is 10.3. The molecule has 4 bridgehead atoms. The highest BCUT2D eigenvalue weighted by atomic mass is 32.1. The molecule has 11 nitrogen and oxygen atoms in total. The molecule has 12 heteroatoms. The van der Waals surface area contributed by atoms with Crippen molar-refractivity contribution < 1.29 is 28.5 Å². The molecule has 2 amide bonds. The van der Waals surface area contributed by atoms with E-state index in [0.29, 0.717) is 41.7 Å². The van der Waals surface area contributed by atoms with Gasteiger partial charge in [-0.05, 0) is 47.3 Å². The van der Waals surface area contributed by atoms with Gasteiger partial charge < -0.3 is 34.5 Å². The van der Waals surface area contributed by atoms with E-state index in [9.17, 15) is 9.59 Å². The summed E-state index contributed by atoms with van der Waals surface area (Å²) in [4.78, 5) is 37.9.